The van der Waals surface area contributed by atoms with Crippen molar-refractivity contribution in [1.82, 2.24) is 14.9 Å². The topological polar surface area (TPSA) is 96.2 Å². The number of aryl methyl sites for hydroxylation is 1. The molecule has 0 radical (unpaired) electrons. The molecule has 4 N–H and O–H groups in total. The Balaban J connectivity index is 1.99. The molecule has 8 heteroatoms. The maximum Gasteiger partial charge on any atom is 0.244 e. The van der Waals surface area contributed by atoms with Crippen LogP contribution >= 0.6 is 11.3 Å². The second kappa shape index (κ2) is 5.45. The number of hydrogen-bond acceptors (Lipinski definition) is 7. The molecule has 7 nitrogen and oxygen atoms in total. The molecular weight excluding hydrogens is 288 g/mol. The van der Waals surface area contributed by atoms with Gasteiger partial charge in [-0.15, -0.1) is 11.3 Å². The molecule has 0 spiro atoms. The average molecular weight is 306 g/mol. The van der Waals surface area contributed by atoms with E-state index >= 15 is 0 Å². The summed E-state index contributed by atoms with van der Waals surface area (Å²) in [7, 11) is 1.81. The van der Waals surface area contributed by atoms with Crippen molar-refractivity contribution in [2.45, 2.75) is 25.8 Å². The predicted octanol–water partition coefficient (Wildman–Crippen LogP) is 1.18. The molecule has 1 amide bonds. The number of hydrazine groups is 1. The van der Waals surface area contributed by atoms with Crippen molar-refractivity contribution in [3.05, 3.63) is 10.9 Å². The fourth-order valence-electron chi connectivity index (χ4n) is 2.44. The zero-order chi connectivity index (χ0) is 15.0. The lowest BCUT2D eigenvalue weighted by Crippen LogP contribution is -2.31. The van der Waals surface area contributed by atoms with Crippen LogP contribution in [-0.4, -0.2) is 40.4 Å². The number of hydrogen-bond donors (Lipinski definition) is 3. The van der Waals surface area contributed by atoms with E-state index in [9.17, 15) is 4.79 Å². The number of amides is 1. The van der Waals surface area contributed by atoms with Gasteiger partial charge in [0.05, 0.1) is 5.39 Å². The van der Waals surface area contributed by atoms with Crippen molar-refractivity contribution in [1.29, 1.82) is 0 Å². The van der Waals surface area contributed by atoms with Crippen molar-refractivity contribution >= 4 is 39.2 Å². The highest BCUT2D eigenvalue weighted by Crippen LogP contribution is 2.31. The van der Waals surface area contributed by atoms with E-state index in [1.54, 1.807) is 16.2 Å². The molecule has 1 aliphatic rings. The van der Waals surface area contributed by atoms with E-state index in [-0.39, 0.29) is 11.9 Å². The lowest BCUT2D eigenvalue weighted by Gasteiger charge is -2.14. The molecule has 1 fully saturated rings. The van der Waals surface area contributed by atoms with Crippen molar-refractivity contribution in [2.24, 2.45) is 5.84 Å². The van der Waals surface area contributed by atoms with Gasteiger partial charge in [0.1, 0.15) is 16.7 Å². The van der Waals surface area contributed by atoms with E-state index < -0.39 is 0 Å². The second-order valence-electron chi connectivity index (χ2n) is 5.07. The van der Waals surface area contributed by atoms with Gasteiger partial charge in [0.2, 0.25) is 11.9 Å². The number of rotatable bonds is 4. The highest BCUT2D eigenvalue weighted by atomic mass is 32.1. The largest absolute Gasteiger partial charge is 0.358 e. The predicted molar refractivity (Wildman–Crippen MR) is 84.3 cm³/mol. The maximum atomic E-state index is 12.0. The number of likely N-dealkylation sites (N-methyl/N-ethyl adjacent to an activating group) is 1. The summed E-state index contributed by atoms with van der Waals surface area (Å²) in [6.45, 7) is 2.86. The Bertz CT molecular complexity index is 685. The first-order valence-corrected chi connectivity index (χ1v) is 7.72. The molecule has 1 saturated heterocycles. The van der Waals surface area contributed by atoms with Crippen LogP contribution in [0.5, 0.6) is 0 Å². The molecule has 21 heavy (non-hydrogen) atoms. The zero-order valence-electron chi connectivity index (χ0n) is 12.0. The average Bonchev–Trinajstić information content (AvgIpc) is 3.05. The van der Waals surface area contributed by atoms with E-state index in [0.717, 1.165) is 29.6 Å². The standard InChI is InChI=1S/C13H18N6OS/c1-3-7-6-8-10(15-9-4-5-19(2)12(9)20)16-13(18-14)17-11(8)21-7/h6,9H,3-5,14H2,1-2H3,(H2,15,16,17,18). The van der Waals surface area contributed by atoms with Gasteiger partial charge in [0.25, 0.3) is 0 Å². The third kappa shape index (κ3) is 2.52. The van der Waals surface area contributed by atoms with Crippen LogP contribution < -0.4 is 16.6 Å². The van der Waals surface area contributed by atoms with Gasteiger partial charge >= 0.3 is 0 Å². The zero-order valence-corrected chi connectivity index (χ0v) is 12.8. The lowest BCUT2D eigenvalue weighted by atomic mass is 10.2. The third-order valence-electron chi connectivity index (χ3n) is 3.66. The number of carbonyl (C=O) groups excluding carboxylic acids is 1. The van der Waals surface area contributed by atoms with Crippen LogP contribution in [0.15, 0.2) is 6.07 Å². The molecule has 0 saturated carbocycles. The summed E-state index contributed by atoms with van der Waals surface area (Å²) >= 11 is 1.62. The van der Waals surface area contributed by atoms with Crippen LogP contribution in [0.3, 0.4) is 0 Å². The maximum absolute atomic E-state index is 12.0. The summed E-state index contributed by atoms with van der Waals surface area (Å²) < 4.78 is 0. The normalized spacial score (nSPS) is 18.5. The lowest BCUT2D eigenvalue weighted by molar-refractivity contribution is -0.127. The van der Waals surface area contributed by atoms with Crippen molar-refractivity contribution in [3.63, 3.8) is 0 Å². The Hall–Kier alpha value is -1.93. The highest BCUT2D eigenvalue weighted by Gasteiger charge is 2.29. The number of nitrogen functional groups attached to an aromatic ring is 1. The number of aromatic nitrogens is 2. The van der Waals surface area contributed by atoms with Crippen molar-refractivity contribution in [3.8, 4) is 0 Å². The summed E-state index contributed by atoms with van der Waals surface area (Å²) in [6.07, 6.45) is 1.72. The van der Waals surface area contributed by atoms with Gasteiger partial charge in [-0.3, -0.25) is 10.2 Å². The van der Waals surface area contributed by atoms with E-state index in [1.165, 1.54) is 4.88 Å². The summed E-state index contributed by atoms with van der Waals surface area (Å²) in [4.78, 5) is 24.6. The Morgan fingerprint density at radius 3 is 2.95 bits per heavy atom. The van der Waals surface area contributed by atoms with E-state index in [2.05, 4.69) is 33.7 Å². The molecule has 1 atom stereocenters. The van der Waals surface area contributed by atoms with E-state index in [0.29, 0.717) is 11.8 Å². The SMILES string of the molecule is CCc1cc2c(NC3CCN(C)C3=O)nc(NN)nc2s1. The number of nitrogens with zero attached hydrogens (tertiary/aromatic N) is 3. The molecule has 1 unspecified atom stereocenters. The summed E-state index contributed by atoms with van der Waals surface area (Å²) in [5.41, 5.74) is 2.48. The third-order valence-corrected chi connectivity index (χ3v) is 4.83. The van der Waals surface area contributed by atoms with E-state index in [1.807, 2.05) is 7.05 Å². The first-order valence-electron chi connectivity index (χ1n) is 6.91. The molecule has 2 aromatic heterocycles. The summed E-state index contributed by atoms with van der Waals surface area (Å²) in [5.74, 6) is 6.55. The van der Waals surface area contributed by atoms with Crippen molar-refractivity contribution < 1.29 is 4.79 Å². The van der Waals surface area contributed by atoms with Crippen LogP contribution in [0.25, 0.3) is 10.2 Å². The van der Waals surface area contributed by atoms with Gasteiger partial charge in [-0.25, -0.2) is 10.8 Å². The second-order valence-corrected chi connectivity index (χ2v) is 6.19. The van der Waals surface area contributed by atoms with Gasteiger partial charge < -0.3 is 10.2 Å². The minimum absolute atomic E-state index is 0.0926. The van der Waals surface area contributed by atoms with Crippen LogP contribution in [0.1, 0.15) is 18.2 Å². The Kier molecular flexibility index (Phi) is 3.64. The number of nitrogens with one attached hydrogen (secondary N) is 2. The molecule has 0 aromatic carbocycles. The number of carbonyl (C=O) groups is 1. The first-order chi connectivity index (χ1) is 10.1. The summed E-state index contributed by atoms with van der Waals surface area (Å²) in [5, 5.41) is 4.19. The number of fused-ring (bicyclic) bond motifs is 1. The smallest absolute Gasteiger partial charge is 0.244 e. The van der Waals surface area contributed by atoms with Crippen LogP contribution in [0, 0.1) is 0 Å². The van der Waals surface area contributed by atoms with E-state index in [4.69, 9.17) is 5.84 Å². The Morgan fingerprint density at radius 2 is 2.33 bits per heavy atom. The molecule has 0 aliphatic carbocycles. The molecule has 1 aliphatic heterocycles. The van der Waals surface area contributed by atoms with Gasteiger partial charge in [-0.1, -0.05) is 6.92 Å². The Labute approximate surface area is 126 Å². The Morgan fingerprint density at radius 1 is 1.52 bits per heavy atom. The minimum Gasteiger partial charge on any atom is -0.358 e. The van der Waals surface area contributed by atoms with Crippen LogP contribution in [-0.2, 0) is 11.2 Å². The van der Waals surface area contributed by atoms with Gasteiger partial charge in [0.15, 0.2) is 0 Å². The highest BCUT2D eigenvalue weighted by molar-refractivity contribution is 7.18. The molecule has 0 bridgehead atoms. The van der Waals surface area contributed by atoms with Gasteiger partial charge in [-0.05, 0) is 18.9 Å². The summed E-state index contributed by atoms with van der Waals surface area (Å²) in [6, 6.07) is 1.84. The first kappa shape index (κ1) is 14.0. The molecule has 3 rings (SSSR count). The quantitative estimate of drug-likeness (QED) is 0.580. The number of likely N-dealkylation sites (tertiary alicyclic amines) is 1. The molecule has 3 heterocycles. The van der Waals surface area contributed by atoms with Crippen LogP contribution in [0.2, 0.25) is 0 Å². The fraction of sp³-hybridized carbons (Fsp3) is 0.462. The number of anilines is 2. The van der Waals surface area contributed by atoms with Crippen molar-refractivity contribution in [2.75, 3.05) is 24.3 Å². The van der Waals surface area contributed by atoms with Crippen LogP contribution in [0.4, 0.5) is 11.8 Å². The molecule has 2 aromatic rings. The monoisotopic (exact) mass is 306 g/mol. The van der Waals surface area contributed by atoms with Gasteiger partial charge in [-0.2, -0.15) is 4.98 Å². The minimum atomic E-state index is -0.233. The fourth-order valence-corrected chi connectivity index (χ4v) is 3.41. The molecular formula is C13H18N6OS. The number of thiophene rings is 1. The van der Waals surface area contributed by atoms with Gasteiger partial charge in [0, 0.05) is 18.5 Å². The molecule has 112 valence electrons. The number of nitrogens with two attached hydrogens (primary N) is 1.